The standard InChI is InChI=1S/C7H14N4O2/c1-8-3-6-4-11(10-9-6)5-7(12)13-2/h4,8-10H,3,5H2,1-2H3. The Bertz CT molecular complexity index is 217. The number of hydrogen-bond acceptors (Lipinski definition) is 6. The van der Waals surface area contributed by atoms with E-state index in [9.17, 15) is 4.79 Å². The van der Waals surface area contributed by atoms with E-state index < -0.39 is 0 Å². The van der Waals surface area contributed by atoms with E-state index in [2.05, 4.69) is 21.0 Å². The lowest BCUT2D eigenvalue weighted by Gasteiger charge is -2.12. The molecule has 1 rings (SSSR count). The van der Waals surface area contributed by atoms with Gasteiger partial charge >= 0.3 is 5.97 Å². The zero-order valence-electron chi connectivity index (χ0n) is 7.76. The fourth-order valence-corrected chi connectivity index (χ4v) is 0.965. The van der Waals surface area contributed by atoms with Crippen LogP contribution in [0.2, 0.25) is 0 Å². The van der Waals surface area contributed by atoms with Gasteiger partial charge in [0, 0.05) is 12.7 Å². The summed E-state index contributed by atoms with van der Waals surface area (Å²) in [6, 6.07) is 0. The number of esters is 1. The number of likely N-dealkylation sites (N-methyl/N-ethyl adjacent to an activating group) is 1. The van der Waals surface area contributed by atoms with Gasteiger partial charge in [0.15, 0.2) is 0 Å². The molecule has 0 unspecified atom stereocenters. The van der Waals surface area contributed by atoms with Crippen molar-refractivity contribution in [3.8, 4) is 0 Å². The van der Waals surface area contributed by atoms with Crippen molar-refractivity contribution in [3.63, 3.8) is 0 Å². The summed E-state index contributed by atoms with van der Waals surface area (Å²) >= 11 is 0. The van der Waals surface area contributed by atoms with Crippen LogP contribution in [0.3, 0.4) is 0 Å². The van der Waals surface area contributed by atoms with E-state index in [1.165, 1.54) is 7.11 Å². The van der Waals surface area contributed by atoms with Crippen molar-refractivity contribution in [2.45, 2.75) is 0 Å². The van der Waals surface area contributed by atoms with Gasteiger partial charge in [0.05, 0.1) is 12.8 Å². The molecule has 0 aromatic rings. The second kappa shape index (κ2) is 4.68. The maximum atomic E-state index is 10.9. The van der Waals surface area contributed by atoms with Crippen LogP contribution in [0.4, 0.5) is 0 Å². The van der Waals surface area contributed by atoms with Crippen molar-refractivity contribution in [2.24, 2.45) is 0 Å². The molecule has 0 aromatic carbocycles. The molecular weight excluding hydrogens is 172 g/mol. The Labute approximate surface area is 76.9 Å². The highest BCUT2D eigenvalue weighted by molar-refractivity contribution is 5.71. The normalized spacial score (nSPS) is 15.2. The summed E-state index contributed by atoms with van der Waals surface area (Å²) in [5, 5.41) is 4.61. The van der Waals surface area contributed by atoms with E-state index in [4.69, 9.17) is 0 Å². The smallest absolute Gasteiger partial charge is 0.326 e. The summed E-state index contributed by atoms with van der Waals surface area (Å²) < 4.78 is 4.51. The van der Waals surface area contributed by atoms with Gasteiger partial charge in [0.1, 0.15) is 6.54 Å². The Morgan fingerprint density at radius 3 is 3.15 bits per heavy atom. The highest BCUT2D eigenvalue weighted by Crippen LogP contribution is 1.97. The van der Waals surface area contributed by atoms with E-state index in [1.54, 1.807) is 5.01 Å². The first kappa shape index (κ1) is 9.82. The molecule has 0 aliphatic carbocycles. The Hall–Kier alpha value is -1.27. The molecule has 0 bridgehead atoms. The van der Waals surface area contributed by atoms with E-state index in [0.29, 0.717) is 0 Å². The molecule has 0 amide bonds. The Balaban J connectivity index is 2.34. The van der Waals surface area contributed by atoms with Gasteiger partial charge in [-0.3, -0.25) is 9.80 Å². The summed E-state index contributed by atoms with van der Waals surface area (Å²) in [6.07, 6.45) is 1.81. The van der Waals surface area contributed by atoms with Gasteiger partial charge < -0.3 is 15.5 Å². The van der Waals surface area contributed by atoms with Crippen molar-refractivity contribution in [1.29, 1.82) is 0 Å². The van der Waals surface area contributed by atoms with Gasteiger partial charge in [0.2, 0.25) is 0 Å². The summed E-state index contributed by atoms with van der Waals surface area (Å²) in [6.45, 7) is 0.918. The average molecular weight is 186 g/mol. The summed E-state index contributed by atoms with van der Waals surface area (Å²) in [4.78, 5) is 10.9. The number of hydrazine groups is 2. The molecule has 3 N–H and O–H groups in total. The average Bonchev–Trinajstić information content (AvgIpc) is 2.53. The van der Waals surface area contributed by atoms with Gasteiger partial charge in [-0.2, -0.15) is 0 Å². The lowest BCUT2D eigenvalue weighted by molar-refractivity contribution is -0.141. The van der Waals surface area contributed by atoms with Crippen LogP contribution in [0.5, 0.6) is 0 Å². The first-order valence-corrected chi connectivity index (χ1v) is 3.96. The quantitative estimate of drug-likeness (QED) is 0.467. The van der Waals surface area contributed by atoms with Crippen LogP contribution < -0.4 is 16.3 Å². The molecule has 13 heavy (non-hydrogen) atoms. The monoisotopic (exact) mass is 186 g/mol. The molecule has 1 aliphatic heterocycles. The molecule has 1 heterocycles. The lowest BCUT2D eigenvalue weighted by Crippen LogP contribution is -2.40. The molecule has 1 aliphatic rings. The molecule has 0 radical (unpaired) electrons. The van der Waals surface area contributed by atoms with Crippen LogP contribution in [-0.4, -0.2) is 38.2 Å². The number of nitrogens with one attached hydrogen (secondary N) is 3. The second-order valence-electron chi connectivity index (χ2n) is 2.63. The van der Waals surface area contributed by atoms with E-state index in [0.717, 1.165) is 12.2 Å². The van der Waals surface area contributed by atoms with Crippen molar-refractivity contribution >= 4 is 5.97 Å². The molecular formula is C7H14N4O2. The van der Waals surface area contributed by atoms with Crippen LogP contribution >= 0.6 is 0 Å². The minimum atomic E-state index is -0.281. The highest BCUT2D eigenvalue weighted by Gasteiger charge is 2.13. The zero-order valence-corrected chi connectivity index (χ0v) is 7.76. The Morgan fingerprint density at radius 1 is 1.77 bits per heavy atom. The van der Waals surface area contributed by atoms with Crippen molar-refractivity contribution < 1.29 is 9.53 Å². The van der Waals surface area contributed by atoms with Crippen molar-refractivity contribution in [1.82, 2.24) is 21.3 Å². The lowest BCUT2D eigenvalue weighted by atomic mass is 10.5. The van der Waals surface area contributed by atoms with Crippen LogP contribution in [0.15, 0.2) is 11.9 Å². The molecule has 0 aromatic heterocycles. The molecule has 0 atom stereocenters. The van der Waals surface area contributed by atoms with Gasteiger partial charge in [0.25, 0.3) is 0 Å². The number of carbonyl (C=O) groups is 1. The number of hydrogen-bond donors (Lipinski definition) is 3. The van der Waals surface area contributed by atoms with Gasteiger partial charge in [-0.25, -0.2) is 0 Å². The SMILES string of the molecule is CNCC1=CN(CC(=O)OC)NN1. The summed E-state index contributed by atoms with van der Waals surface area (Å²) in [7, 11) is 3.22. The summed E-state index contributed by atoms with van der Waals surface area (Å²) in [5.41, 5.74) is 6.69. The minimum absolute atomic E-state index is 0.191. The first-order valence-electron chi connectivity index (χ1n) is 3.96. The van der Waals surface area contributed by atoms with Crippen LogP contribution in [0, 0.1) is 0 Å². The molecule has 0 spiro atoms. The number of methoxy groups -OCH3 is 1. The second-order valence-corrected chi connectivity index (χ2v) is 2.63. The molecule has 74 valence electrons. The molecule has 6 nitrogen and oxygen atoms in total. The number of ether oxygens (including phenoxy) is 1. The van der Waals surface area contributed by atoms with Gasteiger partial charge in [-0.1, -0.05) is 0 Å². The predicted molar refractivity (Wildman–Crippen MR) is 47.0 cm³/mol. The third-order valence-corrected chi connectivity index (χ3v) is 1.57. The van der Waals surface area contributed by atoms with Crippen molar-refractivity contribution in [2.75, 3.05) is 27.2 Å². The van der Waals surface area contributed by atoms with Gasteiger partial charge in [-0.15, -0.1) is 5.53 Å². The fraction of sp³-hybridized carbons (Fsp3) is 0.571. The minimum Gasteiger partial charge on any atom is -0.468 e. The predicted octanol–water partition coefficient (Wildman–Crippen LogP) is -1.45. The molecule has 0 saturated heterocycles. The van der Waals surface area contributed by atoms with Gasteiger partial charge in [-0.05, 0) is 7.05 Å². The molecule has 0 fully saturated rings. The highest BCUT2D eigenvalue weighted by atomic mass is 16.5. The van der Waals surface area contributed by atoms with Crippen LogP contribution in [0.25, 0.3) is 0 Å². The Kier molecular flexibility index (Phi) is 3.53. The number of rotatable bonds is 4. The van der Waals surface area contributed by atoms with E-state index >= 15 is 0 Å². The largest absolute Gasteiger partial charge is 0.468 e. The summed E-state index contributed by atoms with van der Waals surface area (Å²) in [5.74, 6) is -0.281. The maximum absolute atomic E-state index is 10.9. The topological polar surface area (TPSA) is 65.6 Å². The van der Waals surface area contributed by atoms with Crippen LogP contribution in [0.1, 0.15) is 0 Å². The van der Waals surface area contributed by atoms with Crippen LogP contribution in [-0.2, 0) is 9.53 Å². The third-order valence-electron chi connectivity index (χ3n) is 1.57. The maximum Gasteiger partial charge on any atom is 0.326 e. The Morgan fingerprint density at radius 2 is 2.54 bits per heavy atom. The fourth-order valence-electron chi connectivity index (χ4n) is 0.965. The first-order chi connectivity index (χ1) is 6.26. The number of carbonyl (C=O) groups excluding carboxylic acids is 1. The van der Waals surface area contributed by atoms with E-state index in [1.807, 2.05) is 13.2 Å². The third kappa shape index (κ3) is 2.92. The molecule has 6 heteroatoms. The number of nitrogens with zero attached hydrogens (tertiary/aromatic N) is 1. The zero-order chi connectivity index (χ0) is 9.68. The van der Waals surface area contributed by atoms with Crippen molar-refractivity contribution in [3.05, 3.63) is 11.9 Å². The van der Waals surface area contributed by atoms with E-state index in [-0.39, 0.29) is 12.5 Å². The molecule has 0 saturated carbocycles.